The van der Waals surface area contributed by atoms with Crippen LogP contribution in [0.2, 0.25) is 0 Å². The Labute approximate surface area is 101 Å². The molecule has 2 aromatic rings. The molecule has 5 heteroatoms. The lowest BCUT2D eigenvalue weighted by atomic mass is 10.2. The minimum absolute atomic E-state index is 0.828. The monoisotopic (exact) mass is 283 g/mol. The largest absolute Gasteiger partial charge is 0.330 e. The minimum Gasteiger partial charge on any atom is -0.330 e. The molecule has 0 spiro atoms. The first-order valence-electron chi connectivity index (χ1n) is 4.48. The van der Waals surface area contributed by atoms with Crippen LogP contribution in [0.4, 0.5) is 10.8 Å². The number of rotatable bonds is 2. The molecule has 0 aliphatic heterocycles. The van der Waals surface area contributed by atoms with E-state index in [-0.39, 0.29) is 0 Å². The molecular formula is C10H10BrN3S. The fourth-order valence-corrected chi connectivity index (χ4v) is 2.05. The smallest absolute Gasteiger partial charge is 0.210 e. The summed E-state index contributed by atoms with van der Waals surface area (Å²) in [5, 5.41) is 13.0. The van der Waals surface area contributed by atoms with Crippen molar-refractivity contribution in [3.8, 4) is 0 Å². The number of hydrogen-bond donors (Lipinski definition) is 1. The summed E-state index contributed by atoms with van der Waals surface area (Å²) in [5.74, 6) is 0. The zero-order valence-electron chi connectivity index (χ0n) is 8.41. The van der Waals surface area contributed by atoms with E-state index in [1.807, 2.05) is 19.1 Å². The molecule has 0 bridgehead atoms. The minimum atomic E-state index is 0.828. The summed E-state index contributed by atoms with van der Waals surface area (Å²) in [5.41, 5.74) is 2.23. The van der Waals surface area contributed by atoms with Gasteiger partial charge in [0.15, 0.2) is 0 Å². The molecule has 0 saturated carbocycles. The first-order chi connectivity index (χ1) is 7.15. The lowest BCUT2D eigenvalue weighted by molar-refractivity contribution is 1.05. The predicted molar refractivity (Wildman–Crippen MR) is 66.8 cm³/mol. The van der Waals surface area contributed by atoms with Crippen LogP contribution in [0.25, 0.3) is 0 Å². The summed E-state index contributed by atoms with van der Waals surface area (Å²) in [4.78, 5) is 0. The van der Waals surface area contributed by atoms with Gasteiger partial charge in [-0.25, -0.2) is 0 Å². The van der Waals surface area contributed by atoms with E-state index in [1.165, 1.54) is 5.56 Å². The van der Waals surface area contributed by atoms with Crippen LogP contribution in [0.5, 0.6) is 0 Å². The molecule has 0 saturated heterocycles. The molecule has 0 fully saturated rings. The van der Waals surface area contributed by atoms with E-state index in [0.29, 0.717) is 0 Å². The Kier molecular flexibility index (Phi) is 3.02. The van der Waals surface area contributed by atoms with E-state index >= 15 is 0 Å². The third kappa shape index (κ3) is 2.54. The predicted octanol–water partition coefficient (Wildman–Crippen LogP) is 3.66. The van der Waals surface area contributed by atoms with Gasteiger partial charge in [0.2, 0.25) is 5.13 Å². The van der Waals surface area contributed by atoms with Gasteiger partial charge in [-0.1, -0.05) is 27.3 Å². The van der Waals surface area contributed by atoms with E-state index in [0.717, 1.165) is 20.3 Å². The number of halogens is 1. The van der Waals surface area contributed by atoms with Crippen LogP contribution in [-0.2, 0) is 0 Å². The Hall–Kier alpha value is -0.940. The highest BCUT2D eigenvalue weighted by molar-refractivity contribution is 9.10. The average Bonchev–Trinajstić information content (AvgIpc) is 2.58. The van der Waals surface area contributed by atoms with Crippen LogP contribution >= 0.6 is 27.3 Å². The van der Waals surface area contributed by atoms with Gasteiger partial charge in [-0.3, -0.25) is 0 Å². The molecule has 1 aromatic carbocycles. The van der Waals surface area contributed by atoms with Crippen LogP contribution < -0.4 is 5.32 Å². The SMILES string of the molecule is Cc1nnc(Nc2ccc(Br)c(C)c2)s1. The third-order valence-electron chi connectivity index (χ3n) is 1.94. The maximum absolute atomic E-state index is 4.01. The van der Waals surface area contributed by atoms with Crippen LogP contribution in [0.3, 0.4) is 0 Å². The number of nitrogens with zero attached hydrogens (tertiary/aromatic N) is 2. The number of anilines is 2. The van der Waals surface area contributed by atoms with Gasteiger partial charge in [-0.15, -0.1) is 10.2 Å². The average molecular weight is 284 g/mol. The van der Waals surface area contributed by atoms with Gasteiger partial charge in [0, 0.05) is 10.2 Å². The summed E-state index contributed by atoms with van der Waals surface area (Å²) < 4.78 is 1.11. The molecule has 78 valence electrons. The Morgan fingerprint density at radius 3 is 2.67 bits per heavy atom. The summed E-state index contributed by atoms with van der Waals surface area (Å²) in [7, 11) is 0. The summed E-state index contributed by atoms with van der Waals surface area (Å²) in [6, 6.07) is 6.10. The van der Waals surface area contributed by atoms with Crippen molar-refractivity contribution in [1.29, 1.82) is 0 Å². The van der Waals surface area contributed by atoms with Crippen molar-refractivity contribution in [2.45, 2.75) is 13.8 Å². The summed E-state index contributed by atoms with van der Waals surface area (Å²) >= 11 is 5.01. The zero-order valence-corrected chi connectivity index (χ0v) is 10.8. The van der Waals surface area contributed by atoms with Gasteiger partial charge in [0.1, 0.15) is 5.01 Å². The molecule has 15 heavy (non-hydrogen) atoms. The van der Waals surface area contributed by atoms with Gasteiger partial charge in [0.05, 0.1) is 0 Å². The van der Waals surface area contributed by atoms with Crippen molar-refractivity contribution >= 4 is 38.1 Å². The van der Waals surface area contributed by atoms with Crippen molar-refractivity contribution < 1.29 is 0 Å². The highest BCUT2D eigenvalue weighted by Gasteiger charge is 2.01. The number of aromatic nitrogens is 2. The normalized spacial score (nSPS) is 10.3. The number of nitrogens with one attached hydrogen (secondary N) is 1. The second-order valence-electron chi connectivity index (χ2n) is 3.22. The van der Waals surface area contributed by atoms with Crippen LogP contribution in [0.15, 0.2) is 22.7 Å². The molecule has 1 heterocycles. The molecule has 0 unspecified atom stereocenters. The van der Waals surface area contributed by atoms with Gasteiger partial charge < -0.3 is 5.32 Å². The molecule has 0 aliphatic carbocycles. The van der Waals surface area contributed by atoms with E-state index < -0.39 is 0 Å². The van der Waals surface area contributed by atoms with Crippen molar-refractivity contribution in [2.24, 2.45) is 0 Å². The molecule has 1 N–H and O–H groups in total. The first-order valence-corrected chi connectivity index (χ1v) is 6.09. The van der Waals surface area contributed by atoms with Gasteiger partial charge in [-0.2, -0.15) is 0 Å². The fourth-order valence-electron chi connectivity index (χ4n) is 1.19. The van der Waals surface area contributed by atoms with Gasteiger partial charge in [0.25, 0.3) is 0 Å². The molecule has 1 aromatic heterocycles. The third-order valence-corrected chi connectivity index (χ3v) is 3.58. The number of aryl methyl sites for hydroxylation is 2. The molecule has 2 rings (SSSR count). The second kappa shape index (κ2) is 4.28. The summed E-state index contributed by atoms with van der Waals surface area (Å²) in [6.45, 7) is 4.00. The molecule has 0 aliphatic rings. The van der Waals surface area contributed by atoms with Crippen molar-refractivity contribution in [2.75, 3.05) is 5.32 Å². The van der Waals surface area contributed by atoms with Crippen molar-refractivity contribution in [1.82, 2.24) is 10.2 Å². The maximum Gasteiger partial charge on any atom is 0.210 e. The van der Waals surface area contributed by atoms with Crippen LogP contribution in [-0.4, -0.2) is 10.2 Å². The van der Waals surface area contributed by atoms with Gasteiger partial charge >= 0.3 is 0 Å². The lowest BCUT2D eigenvalue weighted by Crippen LogP contribution is -1.90. The highest BCUT2D eigenvalue weighted by atomic mass is 79.9. The van der Waals surface area contributed by atoms with Gasteiger partial charge in [-0.05, 0) is 37.6 Å². The van der Waals surface area contributed by atoms with E-state index in [1.54, 1.807) is 11.3 Å². The second-order valence-corrected chi connectivity index (χ2v) is 5.25. The molecule has 0 radical (unpaired) electrons. The Bertz CT molecular complexity index is 481. The van der Waals surface area contributed by atoms with Crippen LogP contribution in [0, 0.1) is 13.8 Å². The van der Waals surface area contributed by atoms with Crippen LogP contribution in [0.1, 0.15) is 10.6 Å². The topological polar surface area (TPSA) is 37.8 Å². The Morgan fingerprint density at radius 1 is 1.27 bits per heavy atom. The van der Waals surface area contributed by atoms with E-state index in [2.05, 4.69) is 44.4 Å². The summed E-state index contributed by atoms with van der Waals surface area (Å²) in [6.07, 6.45) is 0. The maximum atomic E-state index is 4.01. The quantitative estimate of drug-likeness (QED) is 0.914. The van der Waals surface area contributed by atoms with E-state index in [9.17, 15) is 0 Å². The molecule has 0 atom stereocenters. The Morgan fingerprint density at radius 2 is 2.07 bits per heavy atom. The Balaban J connectivity index is 2.21. The standard InChI is InChI=1S/C10H10BrN3S/c1-6-5-8(3-4-9(6)11)12-10-14-13-7(2)15-10/h3-5H,1-2H3,(H,12,14). The number of benzene rings is 1. The van der Waals surface area contributed by atoms with E-state index in [4.69, 9.17) is 0 Å². The van der Waals surface area contributed by atoms with Crippen molar-refractivity contribution in [3.63, 3.8) is 0 Å². The fraction of sp³-hybridized carbons (Fsp3) is 0.200. The highest BCUT2D eigenvalue weighted by Crippen LogP contribution is 2.24. The first kappa shape index (κ1) is 10.6. The molecular weight excluding hydrogens is 274 g/mol. The van der Waals surface area contributed by atoms with Crippen molar-refractivity contribution in [3.05, 3.63) is 33.2 Å². The molecule has 3 nitrogen and oxygen atoms in total. The number of hydrogen-bond acceptors (Lipinski definition) is 4. The lowest BCUT2D eigenvalue weighted by Gasteiger charge is -2.04. The zero-order chi connectivity index (χ0) is 10.8. The molecule has 0 amide bonds.